The van der Waals surface area contributed by atoms with Gasteiger partial charge in [-0.3, -0.25) is 9.59 Å². The molecule has 37 heavy (non-hydrogen) atoms. The van der Waals surface area contributed by atoms with Crippen molar-refractivity contribution in [3.05, 3.63) is 94.6 Å². The van der Waals surface area contributed by atoms with Gasteiger partial charge >= 0.3 is 5.97 Å². The fourth-order valence-electron chi connectivity index (χ4n) is 4.46. The molecule has 1 aromatic heterocycles. The predicted molar refractivity (Wildman–Crippen MR) is 138 cm³/mol. The maximum absolute atomic E-state index is 13.7. The lowest BCUT2D eigenvalue weighted by molar-refractivity contribution is -0.132. The van der Waals surface area contributed by atoms with E-state index < -0.39 is 5.97 Å². The minimum atomic E-state index is -0.559. The number of carbonyl (C=O) groups excluding carboxylic acids is 3. The Kier molecular flexibility index (Phi) is 8.28. The second kappa shape index (κ2) is 11.8. The van der Waals surface area contributed by atoms with Gasteiger partial charge in [-0.2, -0.15) is 0 Å². The minimum absolute atomic E-state index is 0.103. The summed E-state index contributed by atoms with van der Waals surface area (Å²) in [5, 5.41) is 2.84. The summed E-state index contributed by atoms with van der Waals surface area (Å²) in [4.78, 5) is 42.5. The number of nitrogens with one attached hydrogen (secondary N) is 1. The summed E-state index contributed by atoms with van der Waals surface area (Å²) in [5.41, 5.74) is 3.75. The molecule has 4 rings (SSSR count). The molecule has 0 atom stereocenters. The number of hydrogen-bond donors (Lipinski definition) is 1. The maximum Gasteiger partial charge on any atom is 0.356 e. The molecule has 0 bridgehead atoms. The number of likely N-dealkylation sites (tertiary alicyclic amines) is 1. The largest absolute Gasteiger partial charge is 0.464 e. The number of aryl methyl sites for hydroxylation is 2. The number of nitrogens with zero attached hydrogens (tertiary/aromatic N) is 2. The SMILES string of the molecule is COC(=O)c1ccc(C(=O)Nc2ccc(C3CCN(C(=O)CCc4ccc(C)c(F)c4)CC3)cc2)cn1. The maximum atomic E-state index is 13.7. The van der Waals surface area contributed by atoms with Crippen LogP contribution in [0.15, 0.2) is 60.8 Å². The third-order valence-electron chi connectivity index (χ3n) is 6.77. The molecular formula is C29H30FN3O4. The van der Waals surface area contributed by atoms with Crippen molar-refractivity contribution in [2.45, 2.75) is 38.5 Å². The molecule has 1 N–H and O–H groups in total. The monoisotopic (exact) mass is 503 g/mol. The zero-order valence-corrected chi connectivity index (χ0v) is 21.0. The Hall–Kier alpha value is -4.07. The highest BCUT2D eigenvalue weighted by Gasteiger charge is 2.23. The Labute approximate surface area is 215 Å². The van der Waals surface area contributed by atoms with Crippen molar-refractivity contribution in [1.29, 1.82) is 0 Å². The van der Waals surface area contributed by atoms with Crippen LogP contribution in [0.4, 0.5) is 10.1 Å². The van der Waals surface area contributed by atoms with E-state index in [1.165, 1.54) is 37.1 Å². The van der Waals surface area contributed by atoms with Crippen LogP contribution in [0.25, 0.3) is 0 Å². The number of esters is 1. The summed E-state index contributed by atoms with van der Waals surface area (Å²) in [7, 11) is 1.27. The highest BCUT2D eigenvalue weighted by atomic mass is 19.1. The molecule has 2 aromatic carbocycles. The molecule has 0 unspecified atom stereocenters. The van der Waals surface area contributed by atoms with E-state index in [1.807, 2.05) is 35.2 Å². The van der Waals surface area contributed by atoms with Gasteiger partial charge in [0.05, 0.1) is 12.7 Å². The number of halogens is 1. The first-order chi connectivity index (χ1) is 17.8. The predicted octanol–water partition coefficient (Wildman–Crippen LogP) is 4.91. The number of rotatable bonds is 7. The van der Waals surface area contributed by atoms with Crippen LogP contribution >= 0.6 is 0 Å². The van der Waals surface area contributed by atoms with E-state index in [2.05, 4.69) is 15.0 Å². The average molecular weight is 504 g/mol. The molecule has 7 nitrogen and oxygen atoms in total. The number of hydrogen-bond acceptors (Lipinski definition) is 5. The lowest BCUT2D eigenvalue weighted by Crippen LogP contribution is -2.38. The molecule has 0 radical (unpaired) electrons. The molecule has 1 aliphatic rings. The summed E-state index contributed by atoms with van der Waals surface area (Å²) in [5.74, 6) is -0.669. The van der Waals surface area contributed by atoms with E-state index in [1.54, 1.807) is 13.0 Å². The smallest absolute Gasteiger partial charge is 0.356 e. The highest BCUT2D eigenvalue weighted by Crippen LogP contribution is 2.29. The number of anilines is 1. The van der Waals surface area contributed by atoms with Crippen LogP contribution in [0.3, 0.4) is 0 Å². The molecule has 0 spiro atoms. The van der Waals surface area contributed by atoms with Crippen molar-refractivity contribution in [1.82, 2.24) is 9.88 Å². The van der Waals surface area contributed by atoms with E-state index in [0.717, 1.165) is 18.4 Å². The van der Waals surface area contributed by atoms with Crippen molar-refractivity contribution in [2.75, 3.05) is 25.5 Å². The van der Waals surface area contributed by atoms with Crippen molar-refractivity contribution in [3.63, 3.8) is 0 Å². The van der Waals surface area contributed by atoms with E-state index in [9.17, 15) is 18.8 Å². The van der Waals surface area contributed by atoms with Crippen LogP contribution in [-0.2, 0) is 16.0 Å². The molecule has 192 valence electrons. The number of piperidine rings is 1. The van der Waals surface area contributed by atoms with E-state index in [-0.39, 0.29) is 23.3 Å². The fourth-order valence-corrected chi connectivity index (χ4v) is 4.46. The summed E-state index contributed by atoms with van der Waals surface area (Å²) in [6, 6.07) is 15.8. The van der Waals surface area contributed by atoms with Crippen LogP contribution in [-0.4, -0.2) is 47.9 Å². The van der Waals surface area contributed by atoms with Gasteiger partial charge in [0.25, 0.3) is 5.91 Å². The van der Waals surface area contributed by atoms with Gasteiger partial charge < -0.3 is 15.0 Å². The zero-order valence-electron chi connectivity index (χ0n) is 21.0. The van der Waals surface area contributed by atoms with E-state index >= 15 is 0 Å². The Morgan fingerprint density at radius 1 is 1.05 bits per heavy atom. The number of methoxy groups -OCH3 is 1. The summed E-state index contributed by atoms with van der Waals surface area (Å²) in [6.07, 6.45) is 3.99. The van der Waals surface area contributed by atoms with Gasteiger partial charge in [-0.15, -0.1) is 0 Å². The van der Waals surface area contributed by atoms with Crippen LogP contribution in [0, 0.1) is 12.7 Å². The molecule has 1 saturated heterocycles. The van der Waals surface area contributed by atoms with Gasteiger partial charge in [0, 0.05) is 31.4 Å². The highest BCUT2D eigenvalue weighted by molar-refractivity contribution is 6.04. The van der Waals surface area contributed by atoms with Gasteiger partial charge in [-0.05, 0) is 79.1 Å². The first kappa shape index (κ1) is 26.0. The van der Waals surface area contributed by atoms with Gasteiger partial charge in [-0.1, -0.05) is 24.3 Å². The molecular weight excluding hydrogens is 473 g/mol. The van der Waals surface area contributed by atoms with Crippen molar-refractivity contribution >= 4 is 23.5 Å². The first-order valence-corrected chi connectivity index (χ1v) is 12.3. The average Bonchev–Trinajstić information content (AvgIpc) is 2.93. The Morgan fingerprint density at radius 3 is 2.41 bits per heavy atom. The second-order valence-corrected chi connectivity index (χ2v) is 9.24. The van der Waals surface area contributed by atoms with Crippen LogP contribution < -0.4 is 5.32 Å². The van der Waals surface area contributed by atoms with Gasteiger partial charge in [-0.25, -0.2) is 14.2 Å². The van der Waals surface area contributed by atoms with Gasteiger partial charge in [0.15, 0.2) is 0 Å². The molecule has 1 aliphatic heterocycles. The molecule has 0 saturated carbocycles. The standard InChI is InChI=1S/C29H30FN3O4/c1-19-3-4-20(17-25(19)30)5-12-27(34)33-15-13-22(14-16-33)21-6-9-24(10-7-21)32-28(35)23-8-11-26(31-18-23)29(36)37-2/h3-4,6-11,17-18,22H,5,12-16H2,1-2H3,(H,32,35). The summed E-state index contributed by atoms with van der Waals surface area (Å²) < 4.78 is 18.4. The van der Waals surface area contributed by atoms with Crippen molar-refractivity contribution < 1.29 is 23.5 Å². The number of amides is 2. The van der Waals surface area contributed by atoms with Crippen LogP contribution in [0.5, 0.6) is 0 Å². The van der Waals surface area contributed by atoms with E-state index in [4.69, 9.17) is 0 Å². The molecule has 2 amide bonds. The molecule has 8 heteroatoms. The molecule has 2 heterocycles. The molecule has 3 aromatic rings. The number of ether oxygens (including phenoxy) is 1. The number of aromatic nitrogens is 1. The van der Waals surface area contributed by atoms with Gasteiger partial charge in [0.1, 0.15) is 11.5 Å². The van der Waals surface area contributed by atoms with Crippen molar-refractivity contribution in [2.24, 2.45) is 0 Å². The van der Waals surface area contributed by atoms with Crippen LogP contribution in [0.2, 0.25) is 0 Å². The number of benzene rings is 2. The zero-order chi connectivity index (χ0) is 26.4. The second-order valence-electron chi connectivity index (χ2n) is 9.24. The Balaban J connectivity index is 1.25. The normalized spacial score (nSPS) is 13.8. The van der Waals surface area contributed by atoms with Gasteiger partial charge in [0.2, 0.25) is 5.91 Å². The number of pyridine rings is 1. The number of carbonyl (C=O) groups is 3. The third-order valence-corrected chi connectivity index (χ3v) is 6.77. The topological polar surface area (TPSA) is 88.6 Å². The molecule has 1 fully saturated rings. The first-order valence-electron chi connectivity index (χ1n) is 12.3. The fraction of sp³-hybridized carbons (Fsp3) is 0.310. The lowest BCUT2D eigenvalue weighted by atomic mass is 9.89. The quantitative estimate of drug-likeness (QED) is 0.463. The minimum Gasteiger partial charge on any atom is -0.464 e. The van der Waals surface area contributed by atoms with Crippen LogP contribution in [0.1, 0.15) is 62.7 Å². The molecule has 0 aliphatic carbocycles. The lowest BCUT2D eigenvalue weighted by Gasteiger charge is -2.32. The summed E-state index contributed by atoms with van der Waals surface area (Å²) in [6.45, 7) is 3.11. The Morgan fingerprint density at radius 2 is 1.78 bits per heavy atom. The van der Waals surface area contributed by atoms with Crippen molar-refractivity contribution in [3.8, 4) is 0 Å². The Bertz CT molecular complexity index is 1270. The van der Waals surface area contributed by atoms with E-state index in [0.29, 0.717) is 48.7 Å². The summed E-state index contributed by atoms with van der Waals surface area (Å²) >= 11 is 0. The third kappa shape index (κ3) is 6.58.